The quantitative estimate of drug-likeness (QED) is 0.861. The molecule has 0 N–H and O–H groups in total. The van der Waals surface area contributed by atoms with E-state index >= 15 is 0 Å². The number of benzene rings is 1. The standard InChI is InChI=1S/C17H21N3O2/c1-19(13-7-5-6-8-13)17(22)15-11-12-16(21)20(18-15)14-9-3-2-4-10-14/h2-4,9-10,13H,5-8,11-12H2,1H3. The first-order chi connectivity index (χ1) is 10.7. The first-order valence-corrected chi connectivity index (χ1v) is 7.89. The number of carbonyl (C=O) groups is 2. The van der Waals surface area contributed by atoms with Gasteiger partial charge in [0, 0.05) is 25.9 Å². The summed E-state index contributed by atoms with van der Waals surface area (Å²) in [6.07, 6.45) is 5.26. The molecule has 2 aliphatic rings. The van der Waals surface area contributed by atoms with Crippen LogP contribution in [0.25, 0.3) is 0 Å². The molecule has 5 nitrogen and oxygen atoms in total. The number of hydrazone groups is 1. The summed E-state index contributed by atoms with van der Waals surface area (Å²) < 4.78 is 0. The molecule has 116 valence electrons. The van der Waals surface area contributed by atoms with Crippen LogP contribution in [0.3, 0.4) is 0 Å². The SMILES string of the molecule is CN(C(=O)C1=NN(c2ccccc2)C(=O)CC1)C1CCCC1. The summed E-state index contributed by atoms with van der Waals surface area (Å²) in [5, 5.41) is 5.70. The average Bonchev–Trinajstić information content (AvgIpc) is 3.09. The number of hydrogen-bond acceptors (Lipinski definition) is 3. The van der Waals surface area contributed by atoms with Crippen LogP contribution in [-0.4, -0.2) is 35.5 Å². The molecule has 5 heteroatoms. The van der Waals surface area contributed by atoms with Crippen LogP contribution in [-0.2, 0) is 9.59 Å². The van der Waals surface area contributed by atoms with Crippen LogP contribution in [0, 0.1) is 0 Å². The van der Waals surface area contributed by atoms with E-state index in [9.17, 15) is 9.59 Å². The first kappa shape index (κ1) is 14.8. The summed E-state index contributed by atoms with van der Waals surface area (Å²) >= 11 is 0. The van der Waals surface area contributed by atoms with Crippen molar-refractivity contribution in [1.29, 1.82) is 0 Å². The van der Waals surface area contributed by atoms with E-state index in [-0.39, 0.29) is 11.8 Å². The molecule has 0 unspecified atom stereocenters. The molecule has 1 aromatic carbocycles. The zero-order chi connectivity index (χ0) is 15.5. The zero-order valence-corrected chi connectivity index (χ0v) is 12.9. The van der Waals surface area contributed by atoms with Crippen molar-refractivity contribution in [3.05, 3.63) is 30.3 Å². The molecule has 3 rings (SSSR count). The predicted octanol–water partition coefficient (Wildman–Crippen LogP) is 2.57. The lowest BCUT2D eigenvalue weighted by atomic mass is 10.1. The van der Waals surface area contributed by atoms with Crippen molar-refractivity contribution in [3.8, 4) is 0 Å². The van der Waals surface area contributed by atoms with Crippen LogP contribution in [0.4, 0.5) is 5.69 Å². The molecule has 1 aromatic rings. The molecule has 0 spiro atoms. The van der Waals surface area contributed by atoms with E-state index in [1.807, 2.05) is 42.3 Å². The van der Waals surface area contributed by atoms with Gasteiger partial charge in [-0.25, -0.2) is 5.01 Å². The van der Waals surface area contributed by atoms with Crippen molar-refractivity contribution in [2.24, 2.45) is 5.10 Å². The van der Waals surface area contributed by atoms with Gasteiger partial charge in [0.1, 0.15) is 5.71 Å². The third-order valence-corrected chi connectivity index (χ3v) is 4.47. The van der Waals surface area contributed by atoms with E-state index < -0.39 is 0 Å². The summed E-state index contributed by atoms with van der Waals surface area (Å²) in [5.74, 6) is -0.105. The number of rotatable bonds is 3. The lowest BCUT2D eigenvalue weighted by molar-refractivity contribution is -0.125. The molecule has 1 fully saturated rings. The minimum atomic E-state index is -0.0636. The Bertz CT molecular complexity index is 591. The van der Waals surface area contributed by atoms with Crippen molar-refractivity contribution in [2.45, 2.75) is 44.6 Å². The smallest absolute Gasteiger partial charge is 0.270 e. The fourth-order valence-corrected chi connectivity index (χ4v) is 3.14. The molecule has 2 amide bonds. The predicted molar refractivity (Wildman–Crippen MR) is 85.6 cm³/mol. The fourth-order valence-electron chi connectivity index (χ4n) is 3.14. The van der Waals surface area contributed by atoms with Gasteiger partial charge in [0.15, 0.2) is 0 Å². The Hall–Kier alpha value is -2.17. The summed E-state index contributed by atoms with van der Waals surface area (Å²) in [6.45, 7) is 0. The average molecular weight is 299 g/mol. The molecule has 22 heavy (non-hydrogen) atoms. The lowest BCUT2D eigenvalue weighted by Crippen LogP contribution is -2.43. The highest BCUT2D eigenvalue weighted by Gasteiger charge is 2.30. The van der Waals surface area contributed by atoms with Gasteiger partial charge in [-0.15, -0.1) is 0 Å². The highest BCUT2D eigenvalue weighted by Crippen LogP contribution is 2.24. The molecule has 1 saturated carbocycles. The van der Waals surface area contributed by atoms with Gasteiger partial charge in [-0.3, -0.25) is 9.59 Å². The van der Waals surface area contributed by atoms with Gasteiger partial charge in [0.25, 0.3) is 5.91 Å². The Labute approximate surface area is 130 Å². The fraction of sp³-hybridized carbons (Fsp3) is 0.471. The number of amides is 2. The Kier molecular flexibility index (Phi) is 4.22. The minimum absolute atomic E-state index is 0.0414. The molecule has 1 aliphatic heterocycles. The van der Waals surface area contributed by atoms with E-state index in [1.54, 1.807) is 0 Å². The first-order valence-electron chi connectivity index (χ1n) is 7.89. The lowest BCUT2D eigenvalue weighted by Gasteiger charge is -2.28. The van der Waals surface area contributed by atoms with Crippen LogP contribution in [0.5, 0.6) is 0 Å². The number of para-hydroxylation sites is 1. The van der Waals surface area contributed by atoms with Crippen LogP contribution in [0.15, 0.2) is 35.4 Å². The topological polar surface area (TPSA) is 53.0 Å². The van der Waals surface area contributed by atoms with Gasteiger partial charge >= 0.3 is 0 Å². The minimum Gasteiger partial charge on any atom is -0.338 e. The molecule has 0 radical (unpaired) electrons. The van der Waals surface area contributed by atoms with Gasteiger partial charge in [-0.1, -0.05) is 31.0 Å². The second kappa shape index (κ2) is 6.30. The molecule has 0 bridgehead atoms. The van der Waals surface area contributed by atoms with Gasteiger partial charge in [-0.2, -0.15) is 5.10 Å². The van der Waals surface area contributed by atoms with Gasteiger partial charge in [0.2, 0.25) is 5.91 Å². The number of hydrogen-bond donors (Lipinski definition) is 0. The summed E-state index contributed by atoms with van der Waals surface area (Å²) in [4.78, 5) is 26.5. The Morgan fingerprint density at radius 1 is 1.18 bits per heavy atom. The van der Waals surface area contributed by atoms with Crippen LogP contribution < -0.4 is 5.01 Å². The monoisotopic (exact) mass is 299 g/mol. The summed E-state index contributed by atoms with van der Waals surface area (Å²) in [7, 11) is 1.85. The van der Waals surface area contributed by atoms with E-state index in [4.69, 9.17) is 0 Å². The molecule has 0 atom stereocenters. The molecule has 1 heterocycles. The Balaban J connectivity index is 1.80. The largest absolute Gasteiger partial charge is 0.338 e. The molecule has 0 aromatic heterocycles. The van der Waals surface area contributed by atoms with E-state index in [1.165, 1.54) is 17.9 Å². The van der Waals surface area contributed by atoms with Crippen molar-refractivity contribution >= 4 is 23.2 Å². The molecular formula is C17H21N3O2. The van der Waals surface area contributed by atoms with E-state index in [0.29, 0.717) is 30.3 Å². The molecular weight excluding hydrogens is 278 g/mol. The van der Waals surface area contributed by atoms with Gasteiger partial charge in [0.05, 0.1) is 5.69 Å². The van der Waals surface area contributed by atoms with Crippen molar-refractivity contribution < 1.29 is 9.59 Å². The van der Waals surface area contributed by atoms with Crippen molar-refractivity contribution in [2.75, 3.05) is 12.1 Å². The summed E-state index contributed by atoms with van der Waals surface area (Å²) in [5.41, 5.74) is 1.19. The van der Waals surface area contributed by atoms with Crippen molar-refractivity contribution in [3.63, 3.8) is 0 Å². The number of nitrogens with zero attached hydrogens (tertiary/aromatic N) is 3. The maximum Gasteiger partial charge on any atom is 0.270 e. The third-order valence-electron chi connectivity index (χ3n) is 4.47. The van der Waals surface area contributed by atoms with Crippen molar-refractivity contribution in [1.82, 2.24) is 4.90 Å². The second-order valence-electron chi connectivity index (χ2n) is 5.94. The highest BCUT2D eigenvalue weighted by molar-refractivity contribution is 6.40. The van der Waals surface area contributed by atoms with Gasteiger partial charge < -0.3 is 4.90 Å². The maximum atomic E-state index is 12.6. The zero-order valence-electron chi connectivity index (χ0n) is 12.9. The molecule has 1 aliphatic carbocycles. The maximum absolute atomic E-state index is 12.6. The van der Waals surface area contributed by atoms with Crippen LogP contribution in [0.2, 0.25) is 0 Å². The Morgan fingerprint density at radius 3 is 2.55 bits per heavy atom. The van der Waals surface area contributed by atoms with Crippen LogP contribution in [0.1, 0.15) is 38.5 Å². The third kappa shape index (κ3) is 2.89. The number of anilines is 1. The van der Waals surface area contributed by atoms with Crippen LogP contribution >= 0.6 is 0 Å². The second-order valence-corrected chi connectivity index (χ2v) is 5.94. The van der Waals surface area contributed by atoms with E-state index in [0.717, 1.165) is 12.8 Å². The highest BCUT2D eigenvalue weighted by atomic mass is 16.2. The Morgan fingerprint density at radius 2 is 1.86 bits per heavy atom. The molecule has 0 saturated heterocycles. The van der Waals surface area contributed by atoms with Gasteiger partial charge in [-0.05, 0) is 25.0 Å². The normalized spacial score (nSPS) is 19.2. The van der Waals surface area contributed by atoms with E-state index in [2.05, 4.69) is 5.10 Å². The number of carbonyl (C=O) groups excluding carboxylic acids is 2. The summed E-state index contributed by atoms with van der Waals surface area (Å²) in [6, 6.07) is 9.59.